The fourth-order valence-corrected chi connectivity index (χ4v) is 11.1. The van der Waals surface area contributed by atoms with E-state index in [1.54, 1.807) is 21.5 Å². The van der Waals surface area contributed by atoms with Gasteiger partial charge in [-0.1, -0.05) is 144 Å². The zero-order valence-electron chi connectivity index (χ0n) is 18.9. The zero-order chi connectivity index (χ0) is 21.6. The second-order valence-corrected chi connectivity index (χ2v) is 18.6. The topological polar surface area (TPSA) is 0 Å². The van der Waals surface area contributed by atoms with E-state index in [0.29, 0.717) is 0 Å². The Bertz CT molecular complexity index is 1140. The Kier molecular flexibility index (Phi) is 4.88. The average molecular weight is 435 g/mol. The van der Waals surface area contributed by atoms with Gasteiger partial charge in [0.2, 0.25) is 0 Å². The summed E-state index contributed by atoms with van der Waals surface area (Å²) >= 11 is 0. The Morgan fingerprint density at radius 2 is 0.839 bits per heavy atom. The summed E-state index contributed by atoms with van der Waals surface area (Å²) in [5.41, 5.74) is 6.07. The number of fused-ring (bicyclic) bond motifs is 3. The van der Waals surface area contributed by atoms with E-state index in [0.717, 1.165) is 6.42 Å². The molecule has 0 heterocycles. The van der Waals surface area contributed by atoms with Crippen molar-refractivity contribution in [3.63, 3.8) is 0 Å². The lowest BCUT2D eigenvalue weighted by molar-refractivity contribution is 1.29. The quantitative estimate of drug-likeness (QED) is 0.353. The standard InChI is InChI=1S/C29H30Si2/c1-30(2,22-13-7-5-8-14-22)28-19-11-17-24-25-18-12-20-29(27(25)21-26(24)28)31(3,4)23-15-9-6-10-16-23/h5-20H,21H2,1-4H3. The van der Waals surface area contributed by atoms with Crippen molar-refractivity contribution in [1.82, 2.24) is 0 Å². The highest BCUT2D eigenvalue weighted by Gasteiger charge is 2.35. The smallest absolute Gasteiger partial charge is 0.0626 e. The molecule has 2 heteroatoms. The van der Waals surface area contributed by atoms with E-state index in [9.17, 15) is 0 Å². The molecule has 0 nitrogen and oxygen atoms in total. The van der Waals surface area contributed by atoms with E-state index in [-0.39, 0.29) is 0 Å². The van der Waals surface area contributed by atoms with E-state index in [1.807, 2.05) is 0 Å². The van der Waals surface area contributed by atoms with Gasteiger partial charge in [0.25, 0.3) is 0 Å². The maximum Gasteiger partial charge on any atom is 0.112 e. The molecule has 0 unspecified atom stereocenters. The summed E-state index contributed by atoms with van der Waals surface area (Å²) in [6.45, 7) is 10.0. The Hall–Kier alpha value is -2.69. The maximum absolute atomic E-state index is 2.50. The molecule has 154 valence electrons. The number of benzene rings is 4. The molecule has 0 N–H and O–H groups in total. The van der Waals surface area contributed by atoms with Crippen LogP contribution in [-0.2, 0) is 6.42 Å². The van der Waals surface area contributed by atoms with Gasteiger partial charge in [-0.3, -0.25) is 0 Å². The number of hydrogen-bond donors (Lipinski definition) is 0. The first kappa shape index (κ1) is 20.2. The first-order valence-corrected chi connectivity index (χ1v) is 17.3. The van der Waals surface area contributed by atoms with Gasteiger partial charge in [-0.25, -0.2) is 0 Å². The maximum atomic E-state index is 2.50. The van der Waals surface area contributed by atoms with Gasteiger partial charge in [0, 0.05) is 0 Å². The molecule has 4 aromatic rings. The predicted octanol–water partition coefficient (Wildman–Crippen LogP) is 4.90. The van der Waals surface area contributed by atoms with Gasteiger partial charge in [-0.05, 0) is 28.7 Å². The molecule has 0 spiro atoms. The van der Waals surface area contributed by atoms with Gasteiger partial charge in [0.05, 0.1) is 0 Å². The molecule has 4 aromatic carbocycles. The normalized spacial score (nSPS) is 13.0. The van der Waals surface area contributed by atoms with Crippen molar-refractivity contribution in [1.29, 1.82) is 0 Å². The molecular weight excluding hydrogens is 404 g/mol. The molecule has 0 fully saturated rings. The fraction of sp³-hybridized carbons (Fsp3) is 0.172. The molecule has 0 saturated heterocycles. The van der Waals surface area contributed by atoms with Crippen LogP contribution in [0.15, 0.2) is 97.1 Å². The van der Waals surface area contributed by atoms with Gasteiger partial charge >= 0.3 is 0 Å². The van der Waals surface area contributed by atoms with Gasteiger partial charge in [-0.15, -0.1) is 0 Å². The van der Waals surface area contributed by atoms with Crippen LogP contribution in [0.25, 0.3) is 11.1 Å². The first-order chi connectivity index (χ1) is 14.9. The average Bonchev–Trinajstić information content (AvgIpc) is 3.19. The highest BCUT2D eigenvalue weighted by atomic mass is 28.3. The summed E-state index contributed by atoms with van der Waals surface area (Å²) in [6.07, 6.45) is 1.07. The van der Waals surface area contributed by atoms with Crippen LogP contribution in [0.2, 0.25) is 26.2 Å². The molecule has 0 aliphatic heterocycles. The molecular formula is C29H30Si2. The lowest BCUT2D eigenvalue weighted by Gasteiger charge is -2.27. The summed E-state index contributed by atoms with van der Waals surface area (Å²) < 4.78 is 0. The van der Waals surface area contributed by atoms with Crippen molar-refractivity contribution in [2.45, 2.75) is 32.6 Å². The number of rotatable bonds is 4. The van der Waals surface area contributed by atoms with Crippen LogP contribution in [0, 0.1) is 0 Å². The minimum absolute atomic E-state index is 1.07. The summed E-state index contributed by atoms with van der Waals surface area (Å²) in [5.74, 6) is 0. The van der Waals surface area contributed by atoms with E-state index < -0.39 is 16.1 Å². The van der Waals surface area contributed by atoms with Crippen LogP contribution in [0.5, 0.6) is 0 Å². The number of hydrogen-bond acceptors (Lipinski definition) is 0. The highest BCUT2D eigenvalue weighted by Crippen LogP contribution is 2.36. The third-order valence-electron chi connectivity index (χ3n) is 7.33. The molecule has 0 saturated carbocycles. The van der Waals surface area contributed by atoms with Crippen molar-refractivity contribution in [3.8, 4) is 11.1 Å². The van der Waals surface area contributed by atoms with Gasteiger partial charge in [0.15, 0.2) is 0 Å². The molecule has 31 heavy (non-hydrogen) atoms. The molecule has 1 aliphatic carbocycles. The Morgan fingerprint density at radius 3 is 1.23 bits per heavy atom. The second-order valence-electron chi connectivity index (χ2n) is 9.82. The van der Waals surface area contributed by atoms with E-state index in [2.05, 4.69) is 123 Å². The molecule has 0 bridgehead atoms. The van der Waals surface area contributed by atoms with E-state index >= 15 is 0 Å². The molecule has 1 aliphatic rings. The molecule has 5 rings (SSSR count). The lowest BCUT2D eigenvalue weighted by Crippen LogP contribution is -2.55. The molecule has 0 atom stereocenters. The van der Waals surface area contributed by atoms with Crippen molar-refractivity contribution < 1.29 is 0 Å². The van der Waals surface area contributed by atoms with Gasteiger partial charge in [0.1, 0.15) is 16.1 Å². The summed E-state index contributed by atoms with van der Waals surface area (Å²) in [7, 11) is -3.53. The van der Waals surface area contributed by atoms with Crippen LogP contribution in [-0.4, -0.2) is 16.1 Å². The summed E-state index contributed by atoms with van der Waals surface area (Å²) in [4.78, 5) is 0. The van der Waals surface area contributed by atoms with Crippen molar-refractivity contribution >= 4 is 36.9 Å². The lowest BCUT2D eigenvalue weighted by atomic mass is 10.1. The third-order valence-corrected chi connectivity index (χ3v) is 14.5. The molecule has 0 radical (unpaired) electrons. The summed E-state index contributed by atoms with van der Waals surface area (Å²) in [6, 6.07) is 36.4. The van der Waals surface area contributed by atoms with E-state index in [4.69, 9.17) is 0 Å². The first-order valence-electron chi connectivity index (χ1n) is 11.3. The van der Waals surface area contributed by atoms with Crippen molar-refractivity contribution in [3.05, 3.63) is 108 Å². The predicted molar refractivity (Wildman–Crippen MR) is 141 cm³/mol. The SMILES string of the molecule is C[Si](C)(c1ccccc1)c1cccc2c1Cc1c-2cccc1[Si](C)(C)c1ccccc1. The molecule has 0 amide bonds. The van der Waals surface area contributed by atoms with E-state index in [1.165, 1.54) is 21.5 Å². The summed E-state index contributed by atoms with van der Waals surface area (Å²) in [5, 5.41) is 6.22. The van der Waals surface area contributed by atoms with Crippen molar-refractivity contribution in [2.75, 3.05) is 0 Å². The Labute approximate surface area is 188 Å². The van der Waals surface area contributed by atoms with Crippen LogP contribution in [0.3, 0.4) is 0 Å². The van der Waals surface area contributed by atoms with Gasteiger partial charge in [-0.2, -0.15) is 0 Å². The monoisotopic (exact) mass is 434 g/mol. The van der Waals surface area contributed by atoms with Crippen LogP contribution in [0.4, 0.5) is 0 Å². The molecule has 0 aromatic heterocycles. The van der Waals surface area contributed by atoms with Crippen molar-refractivity contribution in [2.24, 2.45) is 0 Å². The Balaban J connectivity index is 1.65. The largest absolute Gasteiger partial charge is 0.112 e. The zero-order valence-corrected chi connectivity index (χ0v) is 20.9. The highest BCUT2D eigenvalue weighted by molar-refractivity contribution is 7.01. The third kappa shape index (κ3) is 3.26. The van der Waals surface area contributed by atoms with Gasteiger partial charge < -0.3 is 0 Å². The van der Waals surface area contributed by atoms with Crippen LogP contribution < -0.4 is 20.7 Å². The van der Waals surface area contributed by atoms with Crippen LogP contribution in [0.1, 0.15) is 11.1 Å². The van der Waals surface area contributed by atoms with Crippen LogP contribution >= 0.6 is 0 Å². The second kappa shape index (κ2) is 7.47. The fourth-order valence-electron chi connectivity index (χ4n) is 5.43. The Morgan fingerprint density at radius 1 is 0.452 bits per heavy atom. The minimum Gasteiger partial charge on any atom is -0.0626 e. The minimum atomic E-state index is -1.77.